The highest BCUT2D eigenvalue weighted by molar-refractivity contribution is 7.90. The molecule has 25 heavy (non-hydrogen) atoms. The van der Waals surface area contributed by atoms with Crippen LogP contribution in [0.25, 0.3) is 0 Å². The summed E-state index contributed by atoms with van der Waals surface area (Å²) in [6, 6.07) is 5.72. The van der Waals surface area contributed by atoms with E-state index in [0.29, 0.717) is 17.4 Å². The molecule has 0 amide bonds. The van der Waals surface area contributed by atoms with E-state index in [1.54, 1.807) is 0 Å². The topological polar surface area (TPSA) is 110 Å². The lowest BCUT2D eigenvalue weighted by Gasteiger charge is -2.13. The van der Waals surface area contributed by atoms with E-state index in [9.17, 15) is 26.2 Å². The van der Waals surface area contributed by atoms with Crippen molar-refractivity contribution in [2.24, 2.45) is 0 Å². The summed E-state index contributed by atoms with van der Waals surface area (Å²) in [6.45, 7) is -0.0631. The summed E-state index contributed by atoms with van der Waals surface area (Å²) < 4.78 is 79.3. The second kappa shape index (κ2) is 8.22. The molecule has 1 aromatic carbocycles. The summed E-state index contributed by atoms with van der Waals surface area (Å²) in [5.74, 6) is -1.63. The van der Waals surface area contributed by atoms with Crippen LogP contribution in [0.3, 0.4) is 0 Å². The van der Waals surface area contributed by atoms with E-state index in [1.165, 1.54) is 24.3 Å². The predicted molar refractivity (Wildman–Crippen MR) is 82.6 cm³/mol. The van der Waals surface area contributed by atoms with E-state index in [-0.39, 0.29) is 18.8 Å². The molecule has 7 nitrogen and oxygen atoms in total. The van der Waals surface area contributed by atoms with Crippen LogP contribution in [0.2, 0.25) is 0 Å². The molecular formula is C13H16F3O7PS. The minimum atomic E-state index is -5.33. The Morgan fingerprint density at radius 1 is 1.24 bits per heavy atom. The van der Waals surface area contributed by atoms with Gasteiger partial charge in [0.25, 0.3) is 0 Å². The second-order valence-corrected chi connectivity index (χ2v) is 8.40. The first-order chi connectivity index (χ1) is 11.3. The third-order valence-electron chi connectivity index (χ3n) is 2.67. The maximum atomic E-state index is 12.6. The molecule has 142 valence electrons. The van der Waals surface area contributed by atoms with Gasteiger partial charge in [0.15, 0.2) is 9.84 Å². The van der Waals surface area contributed by atoms with Crippen LogP contribution in [0.5, 0.6) is 5.75 Å². The molecule has 0 aliphatic rings. The van der Waals surface area contributed by atoms with Crippen molar-refractivity contribution >= 4 is 17.7 Å². The average Bonchev–Trinajstić information content (AvgIpc) is 2.41. The van der Waals surface area contributed by atoms with E-state index in [0.717, 1.165) is 6.26 Å². The van der Waals surface area contributed by atoms with Crippen molar-refractivity contribution in [2.75, 3.05) is 18.6 Å². The Hall–Kier alpha value is -1.55. The number of phosphoric ester groups is 1. The highest BCUT2D eigenvalue weighted by atomic mass is 32.2. The summed E-state index contributed by atoms with van der Waals surface area (Å²) in [4.78, 5) is 17.0. The molecule has 0 saturated heterocycles. The fourth-order valence-electron chi connectivity index (χ4n) is 1.58. The van der Waals surface area contributed by atoms with Crippen molar-refractivity contribution < 1.29 is 45.2 Å². The molecule has 0 fully saturated rings. The second-order valence-electron chi connectivity index (χ2n) is 4.97. The van der Waals surface area contributed by atoms with Gasteiger partial charge in [-0.3, -0.25) is 9.79 Å². The fourth-order valence-corrected chi connectivity index (χ4v) is 2.40. The van der Waals surface area contributed by atoms with Crippen LogP contribution in [0.4, 0.5) is 13.2 Å². The lowest BCUT2D eigenvalue weighted by molar-refractivity contribution is -0.119. The van der Waals surface area contributed by atoms with Crippen molar-refractivity contribution in [3.8, 4) is 5.75 Å². The van der Waals surface area contributed by atoms with Crippen LogP contribution in [-0.2, 0) is 25.3 Å². The van der Waals surface area contributed by atoms with Crippen molar-refractivity contribution in [1.29, 1.82) is 0 Å². The van der Waals surface area contributed by atoms with E-state index < -0.39 is 29.6 Å². The van der Waals surface area contributed by atoms with Gasteiger partial charge in [-0.15, -0.1) is 0 Å². The van der Waals surface area contributed by atoms with Gasteiger partial charge in [-0.05, 0) is 30.2 Å². The Kier molecular flexibility index (Phi) is 7.07. The molecule has 12 heteroatoms. The number of hydrogen-bond acceptors (Lipinski definition) is 5. The maximum Gasteiger partial charge on any atom is 0.524 e. The third-order valence-corrected chi connectivity index (χ3v) is 4.01. The van der Waals surface area contributed by atoms with Crippen molar-refractivity contribution in [3.63, 3.8) is 0 Å². The SMILES string of the molecule is CS(=O)(=O)CCOc1ccc(C/C=C(\OP(=O)(O)O)C(F)(F)F)cc1. The minimum Gasteiger partial charge on any atom is -0.493 e. The largest absolute Gasteiger partial charge is 0.524 e. The zero-order valence-electron chi connectivity index (χ0n) is 12.9. The summed E-state index contributed by atoms with van der Waals surface area (Å²) in [7, 11) is -8.50. The number of phosphoric acid groups is 1. The van der Waals surface area contributed by atoms with Crippen molar-refractivity contribution in [3.05, 3.63) is 41.7 Å². The number of sulfone groups is 1. The van der Waals surface area contributed by atoms with Gasteiger partial charge < -0.3 is 9.26 Å². The van der Waals surface area contributed by atoms with Gasteiger partial charge in [0.2, 0.25) is 5.76 Å². The molecule has 0 aliphatic carbocycles. The van der Waals surface area contributed by atoms with Gasteiger partial charge >= 0.3 is 14.0 Å². The molecule has 0 saturated carbocycles. The standard InChI is InChI=1S/C13H16F3O7PS/c1-25(20,21)9-8-22-11-5-2-10(3-6-11)4-7-12(13(14,15)16)23-24(17,18)19/h2-3,5-7H,4,8-9H2,1H3,(H2,17,18,19)/b12-7-. The molecule has 0 radical (unpaired) electrons. The molecule has 0 heterocycles. The minimum absolute atomic E-state index is 0.0631. The summed E-state index contributed by atoms with van der Waals surface area (Å²) in [5, 5.41) is 0. The first-order valence-electron chi connectivity index (χ1n) is 6.68. The number of rotatable bonds is 8. The number of ether oxygens (including phenoxy) is 1. The molecule has 0 atom stereocenters. The number of alkyl halides is 3. The quantitative estimate of drug-likeness (QED) is 0.505. The molecule has 0 aliphatic heterocycles. The van der Waals surface area contributed by atoms with Crippen LogP contribution in [0.1, 0.15) is 5.56 Å². The average molecular weight is 404 g/mol. The Bertz CT molecular complexity index is 751. The van der Waals surface area contributed by atoms with E-state index in [2.05, 4.69) is 4.52 Å². The summed E-state index contributed by atoms with van der Waals surface area (Å²) >= 11 is 0. The lowest BCUT2D eigenvalue weighted by atomic mass is 10.1. The van der Waals surface area contributed by atoms with Crippen molar-refractivity contribution in [1.82, 2.24) is 0 Å². The first kappa shape index (κ1) is 21.5. The van der Waals surface area contributed by atoms with Crippen LogP contribution < -0.4 is 4.74 Å². The zero-order valence-corrected chi connectivity index (χ0v) is 14.6. The summed E-state index contributed by atoms with van der Waals surface area (Å²) in [5.41, 5.74) is 0.395. The van der Waals surface area contributed by atoms with Gasteiger partial charge in [-0.1, -0.05) is 12.1 Å². The van der Waals surface area contributed by atoms with Gasteiger partial charge in [0.05, 0.1) is 5.75 Å². The number of allylic oxidation sites excluding steroid dienone is 2. The van der Waals surface area contributed by atoms with Crippen LogP contribution in [0.15, 0.2) is 36.1 Å². The number of hydrogen-bond donors (Lipinski definition) is 2. The van der Waals surface area contributed by atoms with E-state index in [4.69, 9.17) is 14.5 Å². The first-order valence-corrected chi connectivity index (χ1v) is 10.3. The monoisotopic (exact) mass is 404 g/mol. The van der Waals surface area contributed by atoms with Gasteiger partial charge in [0.1, 0.15) is 12.4 Å². The molecule has 1 aromatic rings. The molecule has 0 spiro atoms. The number of benzene rings is 1. The highest BCUT2D eigenvalue weighted by Gasteiger charge is 2.39. The Balaban J connectivity index is 2.74. The molecule has 2 N–H and O–H groups in total. The van der Waals surface area contributed by atoms with Crippen LogP contribution >= 0.6 is 7.82 Å². The van der Waals surface area contributed by atoms with Gasteiger partial charge in [-0.2, -0.15) is 13.2 Å². The fraction of sp³-hybridized carbons (Fsp3) is 0.385. The molecule has 0 aromatic heterocycles. The lowest BCUT2D eigenvalue weighted by Crippen LogP contribution is -2.14. The highest BCUT2D eigenvalue weighted by Crippen LogP contribution is 2.43. The normalized spacial score (nSPS) is 13.6. The molecule has 1 rings (SSSR count). The molecule has 0 bridgehead atoms. The molecule has 0 unspecified atom stereocenters. The number of halogens is 3. The van der Waals surface area contributed by atoms with Crippen LogP contribution in [-0.4, -0.2) is 43.0 Å². The van der Waals surface area contributed by atoms with E-state index >= 15 is 0 Å². The summed E-state index contributed by atoms with van der Waals surface area (Å²) in [6.07, 6.45) is -3.77. The predicted octanol–water partition coefficient (Wildman–Crippen LogP) is 2.21. The Morgan fingerprint density at radius 2 is 1.80 bits per heavy atom. The third kappa shape index (κ3) is 9.49. The molecular weight excluding hydrogens is 388 g/mol. The zero-order chi connectivity index (χ0) is 19.3. The smallest absolute Gasteiger partial charge is 0.493 e. The maximum absolute atomic E-state index is 12.6. The van der Waals surface area contributed by atoms with Gasteiger partial charge in [-0.25, -0.2) is 13.0 Å². The van der Waals surface area contributed by atoms with Gasteiger partial charge in [0, 0.05) is 6.26 Å². The Morgan fingerprint density at radius 3 is 2.24 bits per heavy atom. The van der Waals surface area contributed by atoms with E-state index in [1.807, 2.05) is 0 Å². The van der Waals surface area contributed by atoms with Crippen molar-refractivity contribution in [2.45, 2.75) is 12.6 Å². The van der Waals surface area contributed by atoms with Crippen LogP contribution in [0, 0.1) is 0 Å². The Labute approximate surface area is 142 Å².